The largest absolute Gasteiger partial charge is 0.772 e. The summed E-state index contributed by atoms with van der Waals surface area (Å²) in [5.41, 5.74) is 7.62. The van der Waals surface area contributed by atoms with Crippen LogP contribution in [0.4, 0.5) is 24.9 Å². The second-order valence-corrected chi connectivity index (χ2v) is 12.6. The van der Waals surface area contributed by atoms with Gasteiger partial charge in [0.1, 0.15) is 11.9 Å². The highest BCUT2D eigenvalue weighted by molar-refractivity contribution is 7.78. The first-order valence-electron chi connectivity index (χ1n) is 14.7. The number of nitrogens with zero attached hydrogens (tertiary/aromatic N) is 3. The fraction of sp³-hybridized carbons (Fsp3) is 0.452. The fourth-order valence-electron chi connectivity index (χ4n) is 6.25. The monoisotopic (exact) mass is 646 g/mol. The molecule has 0 amide bonds. The number of carboxylic acid groups (broad SMARTS) is 1. The summed E-state index contributed by atoms with van der Waals surface area (Å²) < 4.78 is 72.5. The number of benzene rings is 2. The van der Waals surface area contributed by atoms with Crippen LogP contribution in [-0.4, -0.2) is 61.7 Å². The zero-order valence-electron chi connectivity index (χ0n) is 24.7. The van der Waals surface area contributed by atoms with Gasteiger partial charge in [-0.2, -0.15) is 23.1 Å². The predicted molar refractivity (Wildman–Crippen MR) is 162 cm³/mol. The number of nitrogens with one attached hydrogen (secondary N) is 1. The van der Waals surface area contributed by atoms with E-state index in [0.717, 1.165) is 12.0 Å². The fourth-order valence-corrected chi connectivity index (χ4v) is 6.71. The molecule has 2 aromatic carbocycles. The van der Waals surface area contributed by atoms with Crippen molar-refractivity contribution < 1.29 is 36.6 Å². The molecule has 45 heavy (non-hydrogen) atoms. The maximum Gasteiger partial charge on any atom is 0.429 e. The van der Waals surface area contributed by atoms with E-state index in [0.29, 0.717) is 62.3 Å². The number of nitrogens with two attached hydrogens (primary N) is 1. The smallest absolute Gasteiger partial charge is 0.429 e. The van der Waals surface area contributed by atoms with Crippen molar-refractivity contribution in [3.63, 3.8) is 0 Å². The van der Waals surface area contributed by atoms with E-state index in [-0.39, 0.29) is 34.1 Å². The van der Waals surface area contributed by atoms with Crippen molar-refractivity contribution in [3.8, 4) is 17.0 Å². The molecule has 0 aliphatic carbocycles. The highest BCUT2D eigenvalue weighted by Crippen LogP contribution is 2.43. The Bertz CT molecular complexity index is 1560. The van der Waals surface area contributed by atoms with E-state index in [1.165, 1.54) is 12.1 Å². The van der Waals surface area contributed by atoms with E-state index in [2.05, 4.69) is 15.3 Å². The molecule has 2 aliphatic heterocycles. The number of aliphatic carboxylic acids is 1. The molecule has 3 aromatic rings. The molecule has 0 radical (unpaired) electrons. The molecule has 3 atom stereocenters. The van der Waals surface area contributed by atoms with Gasteiger partial charge in [0.05, 0.1) is 0 Å². The van der Waals surface area contributed by atoms with E-state index in [1.54, 1.807) is 36.4 Å². The van der Waals surface area contributed by atoms with Gasteiger partial charge in [-0.25, -0.2) is 0 Å². The zero-order chi connectivity index (χ0) is 32.4. The van der Waals surface area contributed by atoms with Crippen molar-refractivity contribution in [1.82, 2.24) is 15.3 Å². The lowest BCUT2D eigenvalue weighted by Gasteiger charge is -2.39. The van der Waals surface area contributed by atoms with Crippen LogP contribution in [0, 0.1) is 5.41 Å². The second-order valence-electron chi connectivity index (χ2n) is 11.7. The number of aryl methyl sites for hydroxylation is 1. The number of ether oxygens (including phenoxy) is 1. The summed E-state index contributed by atoms with van der Waals surface area (Å²) in [5.74, 6) is -1.41. The van der Waals surface area contributed by atoms with Crippen molar-refractivity contribution >= 4 is 28.8 Å². The molecule has 0 saturated carbocycles. The first kappa shape index (κ1) is 32.6. The summed E-state index contributed by atoms with van der Waals surface area (Å²) in [7, 11) is 0. The van der Waals surface area contributed by atoms with Gasteiger partial charge >= 0.3 is 12.1 Å². The quantitative estimate of drug-likeness (QED) is 0.263. The Morgan fingerprint density at radius 2 is 1.96 bits per heavy atom. The van der Waals surface area contributed by atoms with Gasteiger partial charge in [0.15, 0.2) is 0 Å². The summed E-state index contributed by atoms with van der Waals surface area (Å²) in [5, 5.41) is 12.4. The normalized spacial score (nSPS) is 19.4. The topological polar surface area (TPSA) is 154 Å². The van der Waals surface area contributed by atoms with Crippen LogP contribution in [0.1, 0.15) is 55.4 Å². The molecule has 1 spiro atoms. The molecule has 0 bridgehead atoms. The number of rotatable bonds is 10. The number of alkyl halides is 3. The molecular formula is C31H35F3N5O5S-. The minimum Gasteiger partial charge on any atom is -0.772 e. The Morgan fingerprint density at radius 3 is 2.60 bits per heavy atom. The summed E-state index contributed by atoms with van der Waals surface area (Å²) in [6.45, 7) is 3.58. The molecule has 2 fully saturated rings. The van der Waals surface area contributed by atoms with Crippen molar-refractivity contribution in [2.45, 2.75) is 63.1 Å². The van der Waals surface area contributed by atoms with E-state index in [4.69, 9.17) is 10.5 Å². The first-order chi connectivity index (χ1) is 21.4. The minimum absolute atomic E-state index is 0.150. The molecule has 2 aliphatic rings. The molecule has 3 heterocycles. The lowest BCUT2D eigenvalue weighted by Crippen LogP contribution is -2.41. The van der Waals surface area contributed by atoms with Gasteiger partial charge in [0, 0.05) is 37.0 Å². The lowest BCUT2D eigenvalue weighted by molar-refractivity contribution is -0.198. The molecule has 4 N–H and O–H groups in total. The van der Waals surface area contributed by atoms with Crippen LogP contribution >= 0.6 is 0 Å². The Kier molecular flexibility index (Phi) is 9.65. The van der Waals surface area contributed by atoms with Gasteiger partial charge in [-0.1, -0.05) is 66.9 Å². The van der Waals surface area contributed by atoms with Gasteiger partial charge in [0.25, 0.3) is 0 Å². The molecule has 2 saturated heterocycles. The third kappa shape index (κ3) is 7.74. The Morgan fingerprint density at radius 1 is 1.20 bits per heavy atom. The predicted octanol–water partition coefficient (Wildman–Crippen LogP) is 4.77. The minimum atomic E-state index is -4.84. The van der Waals surface area contributed by atoms with Crippen molar-refractivity contribution in [1.29, 1.82) is 0 Å². The SMILES string of the molecule is CCCc1ccc([C@@H](Oc2cc(N3CCC4(CC3)CNC(C(=O)O)C4)nc(N)n2)C(F)(F)F)c(-c2cccc(CS(=O)[O-])c2)c1. The van der Waals surface area contributed by atoms with E-state index >= 15 is 0 Å². The highest BCUT2D eigenvalue weighted by Gasteiger charge is 2.46. The maximum absolute atomic E-state index is 14.8. The van der Waals surface area contributed by atoms with Crippen LogP contribution < -0.4 is 20.7 Å². The molecule has 10 nitrogen and oxygen atoms in total. The number of hydrogen-bond acceptors (Lipinski definition) is 9. The average molecular weight is 647 g/mol. The van der Waals surface area contributed by atoms with Crippen molar-refractivity contribution in [2.75, 3.05) is 30.3 Å². The Balaban J connectivity index is 1.44. The van der Waals surface area contributed by atoms with Crippen LogP contribution in [0.25, 0.3) is 11.1 Å². The standard InChI is InChI=1S/C31H36F3N5O5S/c1-2-4-19-7-8-22(23(14-19)21-6-3-5-20(13-21)17-45(42)43)27(31(32,33)34)44-26-15-25(37-29(35)38-26)39-11-9-30(10-12-39)16-24(28(40)41)36-18-30/h3,5-8,13-15,24,27,36H,2,4,9-12,16-18H2,1H3,(H,40,41)(H,42,43)(H2,35,37,38)/p-1/t24?,27-/m1/s1. The lowest BCUT2D eigenvalue weighted by atomic mass is 9.76. The molecule has 242 valence electrons. The number of halogens is 3. The highest BCUT2D eigenvalue weighted by atomic mass is 32.2. The Labute approximate surface area is 261 Å². The van der Waals surface area contributed by atoms with Gasteiger partial charge in [0.2, 0.25) is 17.9 Å². The summed E-state index contributed by atoms with van der Waals surface area (Å²) in [6.07, 6.45) is -3.95. The van der Waals surface area contributed by atoms with Crippen molar-refractivity contribution in [3.05, 3.63) is 65.2 Å². The first-order valence-corrected chi connectivity index (χ1v) is 16.0. The molecular weight excluding hydrogens is 611 g/mol. The van der Waals surface area contributed by atoms with E-state index < -0.39 is 35.4 Å². The number of aromatic nitrogens is 2. The van der Waals surface area contributed by atoms with Gasteiger partial charge in [-0.15, -0.1) is 0 Å². The molecule has 14 heteroatoms. The number of carbonyl (C=O) groups is 1. The second kappa shape index (κ2) is 13.3. The van der Waals surface area contributed by atoms with Crippen LogP contribution in [-0.2, 0) is 28.0 Å². The van der Waals surface area contributed by atoms with Crippen LogP contribution in [0.3, 0.4) is 0 Å². The maximum atomic E-state index is 14.8. The van der Waals surface area contributed by atoms with Crippen molar-refractivity contribution in [2.24, 2.45) is 5.41 Å². The number of hydrogen-bond donors (Lipinski definition) is 3. The third-order valence-corrected chi connectivity index (χ3v) is 9.08. The number of nitrogen functional groups attached to an aromatic ring is 1. The summed E-state index contributed by atoms with van der Waals surface area (Å²) in [6, 6.07) is 11.9. The van der Waals surface area contributed by atoms with Gasteiger partial charge in [-0.3, -0.25) is 9.00 Å². The zero-order valence-corrected chi connectivity index (χ0v) is 25.5. The van der Waals surface area contributed by atoms with Gasteiger partial charge < -0.3 is 30.3 Å². The molecule has 5 rings (SSSR count). The summed E-state index contributed by atoms with van der Waals surface area (Å²) in [4.78, 5) is 21.6. The average Bonchev–Trinajstić information content (AvgIpc) is 3.39. The number of carboxylic acids is 1. The number of piperidine rings is 1. The number of anilines is 2. The molecule has 2 unspecified atom stereocenters. The molecule has 1 aromatic heterocycles. The van der Waals surface area contributed by atoms with Crippen LogP contribution in [0.2, 0.25) is 0 Å². The van der Waals surface area contributed by atoms with E-state index in [9.17, 15) is 31.8 Å². The van der Waals surface area contributed by atoms with E-state index in [1.807, 2.05) is 11.8 Å². The van der Waals surface area contributed by atoms with Gasteiger partial charge in [-0.05, 0) is 53.4 Å². The summed E-state index contributed by atoms with van der Waals surface area (Å²) >= 11 is -2.37. The third-order valence-electron chi connectivity index (χ3n) is 8.51. The van der Waals surface area contributed by atoms with Crippen LogP contribution in [0.5, 0.6) is 5.88 Å². The van der Waals surface area contributed by atoms with Crippen LogP contribution in [0.15, 0.2) is 48.5 Å². The Hall–Kier alpha value is -3.75.